The number of rotatable bonds is 4. The van der Waals surface area contributed by atoms with Crippen LogP contribution in [0.4, 0.5) is 11.4 Å². The third-order valence-electron chi connectivity index (χ3n) is 4.35. The highest BCUT2D eigenvalue weighted by Crippen LogP contribution is 2.36. The predicted octanol–water partition coefficient (Wildman–Crippen LogP) is 5.52. The summed E-state index contributed by atoms with van der Waals surface area (Å²) < 4.78 is 11.6. The zero-order valence-corrected chi connectivity index (χ0v) is 16.1. The molecule has 1 N–H and O–H groups in total. The van der Waals surface area contributed by atoms with E-state index < -0.39 is 10.8 Å². The second-order valence-electron chi connectivity index (χ2n) is 6.02. The fraction of sp³-hybridized carbons (Fsp3) is 0.0500. The van der Waals surface area contributed by atoms with E-state index in [0.717, 1.165) is 16.4 Å². The van der Waals surface area contributed by atoms with Crippen LogP contribution in [0.3, 0.4) is 0 Å². The molecule has 0 aliphatic carbocycles. The summed E-state index contributed by atoms with van der Waals surface area (Å²) in [5.41, 5.74) is 1.70. The number of nitro groups is 1. The van der Waals surface area contributed by atoms with Crippen LogP contribution in [0.15, 0.2) is 63.5 Å². The summed E-state index contributed by atoms with van der Waals surface area (Å²) in [4.78, 5) is 23.2. The molecular formula is C20H13BrN2O5. The molecule has 4 aromatic rings. The van der Waals surface area contributed by atoms with Crippen molar-refractivity contribution in [2.75, 3.05) is 12.4 Å². The Morgan fingerprint density at radius 1 is 1.11 bits per heavy atom. The number of amides is 1. The molecule has 0 atom stereocenters. The van der Waals surface area contributed by atoms with Gasteiger partial charge in [0.05, 0.1) is 22.2 Å². The fourth-order valence-corrected chi connectivity index (χ4v) is 3.40. The molecular weight excluding hydrogens is 428 g/mol. The van der Waals surface area contributed by atoms with Gasteiger partial charge >= 0.3 is 0 Å². The van der Waals surface area contributed by atoms with E-state index in [-0.39, 0.29) is 11.3 Å². The predicted molar refractivity (Wildman–Crippen MR) is 109 cm³/mol. The van der Waals surface area contributed by atoms with Crippen LogP contribution in [0.5, 0.6) is 5.75 Å². The summed E-state index contributed by atoms with van der Waals surface area (Å²) in [5, 5.41) is 15.6. The Morgan fingerprint density at radius 2 is 1.89 bits per heavy atom. The first-order valence-corrected chi connectivity index (χ1v) is 9.02. The number of ether oxygens (including phenoxy) is 1. The molecule has 0 spiro atoms. The highest BCUT2D eigenvalue weighted by atomic mass is 79.9. The number of nitrogens with zero attached hydrogens (tertiary/aromatic N) is 1. The molecule has 0 saturated carbocycles. The molecule has 8 heteroatoms. The van der Waals surface area contributed by atoms with Crippen molar-refractivity contribution in [1.29, 1.82) is 0 Å². The van der Waals surface area contributed by atoms with Crippen LogP contribution < -0.4 is 10.1 Å². The smallest absolute Gasteiger partial charge is 0.284 e. The number of benzene rings is 3. The molecule has 0 bridgehead atoms. The van der Waals surface area contributed by atoms with Crippen molar-refractivity contribution in [3.63, 3.8) is 0 Å². The number of para-hydroxylation sites is 1. The highest BCUT2D eigenvalue weighted by Gasteiger charge is 2.18. The van der Waals surface area contributed by atoms with Gasteiger partial charge in [-0.15, -0.1) is 0 Å². The first-order chi connectivity index (χ1) is 13.5. The second-order valence-corrected chi connectivity index (χ2v) is 6.88. The monoisotopic (exact) mass is 440 g/mol. The maximum Gasteiger partial charge on any atom is 0.284 e. The molecule has 3 aromatic carbocycles. The van der Waals surface area contributed by atoms with Crippen molar-refractivity contribution in [1.82, 2.24) is 0 Å². The summed E-state index contributed by atoms with van der Waals surface area (Å²) in [7, 11) is 1.50. The topological polar surface area (TPSA) is 94.6 Å². The van der Waals surface area contributed by atoms with E-state index in [1.165, 1.54) is 25.3 Å². The van der Waals surface area contributed by atoms with Crippen LogP contribution in [-0.2, 0) is 0 Å². The molecule has 28 heavy (non-hydrogen) atoms. The number of nitro benzene ring substituents is 1. The van der Waals surface area contributed by atoms with Crippen molar-refractivity contribution < 1.29 is 18.9 Å². The Balaban J connectivity index is 1.74. The molecule has 0 aliphatic heterocycles. The van der Waals surface area contributed by atoms with Crippen molar-refractivity contribution >= 4 is 55.2 Å². The van der Waals surface area contributed by atoms with Gasteiger partial charge in [-0.2, -0.15) is 0 Å². The van der Waals surface area contributed by atoms with Gasteiger partial charge in [-0.3, -0.25) is 14.9 Å². The van der Waals surface area contributed by atoms with E-state index in [2.05, 4.69) is 21.2 Å². The lowest BCUT2D eigenvalue weighted by Gasteiger charge is -2.10. The van der Waals surface area contributed by atoms with Crippen LogP contribution >= 0.6 is 15.9 Å². The molecule has 1 aromatic heterocycles. The third-order valence-corrected chi connectivity index (χ3v) is 5.02. The number of carbonyl (C=O) groups excluding carboxylic acids is 1. The number of anilines is 1. The lowest BCUT2D eigenvalue weighted by molar-refractivity contribution is -0.385. The van der Waals surface area contributed by atoms with E-state index >= 15 is 0 Å². The van der Waals surface area contributed by atoms with Crippen LogP contribution in [-0.4, -0.2) is 17.9 Å². The summed E-state index contributed by atoms with van der Waals surface area (Å²) in [6.07, 6.45) is 0. The third kappa shape index (κ3) is 3.07. The Bertz CT molecular complexity index is 1250. The summed E-state index contributed by atoms with van der Waals surface area (Å²) in [5.74, 6) is -0.0385. The zero-order chi connectivity index (χ0) is 19.8. The standard InChI is InChI=1S/C20H13BrN2O5/c1-27-19-9-13-12-4-2-3-5-17(12)28-18(13)10-15(19)22-20(24)11-6-7-14(21)16(8-11)23(25)26/h2-10H,1H3,(H,22,24). The number of hydrogen-bond acceptors (Lipinski definition) is 5. The van der Waals surface area contributed by atoms with Gasteiger partial charge in [0.2, 0.25) is 0 Å². The minimum atomic E-state index is -0.554. The average Bonchev–Trinajstić information content (AvgIpc) is 3.04. The van der Waals surface area contributed by atoms with Crippen LogP contribution in [0.25, 0.3) is 21.9 Å². The molecule has 1 heterocycles. The van der Waals surface area contributed by atoms with Crippen LogP contribution in [0, 0.1) is 10.1 Å². The first-order valence-electron chi connectivity index (χ1n) is 8.22. The molecule has 0 radical (unpaired) electrons. The Morgan fingerprint density at radius 3 is 2.64 bits per heavy atom. The van der Waals surface area contributed by atoms with E-state index in [4.69, 9.17) is 9.15 Å². The van der Waals surface area contributed by atoms with Gasteiger partial charge in [0, 0.05) is 28.5 Å². The van der Waals surface area contributed by atoms with Gasteiger partial charge in [0.25, 0.3) is 11.6 Å². The molecule has 7 nitrogen and oxygen atoms in total. The second kappa shape index (κ2) is 6.97. The number of hydrogen-bond donors (Lipinski definition) is 1. The molecule has 0 unspecified atom stereocenters. The number of halogens is 1. The van der Waals surface area contributed by atoms with Crippen molar-refractivity contribution in [3.05, 3.63) is 74.7 Å². The number of furan rings is 1. The number of nitrogens with one attached hydrogen (secondary N) is 1. The maximum atomic E-state index is 12.6. The number of methoxy groups -OCH3 is 1. The van der Waals surface area contributed by atoms with Gasteiger partial charge in [-0.1, -0.05) is 18.2 Å². The van der Waals surface area contributed by atoms with Gasteiger partial charge < -0.3 is 14.5 Å². The average molecular weight is 441 g/mol. The van der Waals surface area contributed by atoms with Gasteiger partial charge in [-0.05, 0) is 40.2 Å². The fourth-order valence-electron chi connectivity index (χ4n) is 3.01. The zero-order valence-electron chi connectivity index (χ0n) is 14.6. The van der Waals surface area contributed by atoms with Crippen molar-refractivity contribution in [2.24, 2.45) is 0 Å². The molecule has 0 fully saturated rings. The summed E-state index contributed by atoms with van der Waals surface area (Å²) >= 11 is 3.11. The van der Waals surface area contributed by atoms with Gasteiger partial charge in [0.1, 0.15) is 16.9 Å². The van der Waals surface area contributed by atoms with Crippen molar-refractivity contribution in [3.8, 4) is 5.75 Å². The molecule has 0 saturated heterocycles. The minimum Gasteiger partial charge on any atom is -0.495 e. The lowest BCUT2D eigenvalue weighted by atomic mass is 10.1. The van der Waals surface area contributed by atoms with E-state index in [1.807, 2.05) is 24.3 Å². The van der Waals surface area contributed by atoms with Crippen LogP contribution in [0.2, 0.25) is 0 Å². The maximum absolute atomic E-state index is 12.6. The lowest BCUT2D eigenvalue weighted by Crippen LogP contribution is -2.13. The summed E-state index contributed by atoms with van der Waals surface area (Å²) in [6.45, 7) is 0. The Labute approximate surface area is 167 Å². The van der Waals surface area contributed by atoms with E-state index in [0.29, 0.717) is 21.5 Å². The number of fused-ring (bicyclic) bond motifs is 3. The van der Waals surface area contributed by atoms with E-state index in [1.54, 1.807) is 12.1 Å². The molecule has 0 aliphatic rings. The Kier molecular flexibility index (Phi) is 4.48. The van der Waals surface area contributed by atoms with E-state index in [9.17, 15) is 14.9 Å². The quantitative estimate of drug-likeness (QED) is 0.333. The van der Waals surface area contributed by atoms with Gasteiger partial charge in [0.15, 0.2) is 0 Å². The number of carbonyl (C=O) groups is 1. The minimum absolute atomic E-state index is 0.154. The largest absolute Gasteiger partial charge is 0.495 e. The highest BCUT2D eigenvalue weighted by molar-refractivity contribution is 9.10. The summed E-state index contributed by atoms with van der Waals surface area (Å²) in [6, 6.07) is 15.3. The Hall–Kier alpha value is -3.39. The first kappa shape index (κ1) is 18.0. The van der Waals surface area contributed by atoms with Crippen LogP contribution in [0.1, 0.15) is 10.4 Å². The van der Waals surface area contributed by atoms with Crippen molar-refractivity contribution in [2.45, 2.75) is 0 Å². The molecule has 1 amide bonds. The SMILES string of the molecule is COc1cc2c(cc1NC(=O)c1ccc(Br)c([N+](=O)[O-])c1)oc1ccccc12. The normalized spacial score (nSPS) is 10.9. The van der Waals surface area contributed by atoms with Gasteiger partial charge in [-0.25, -0.2) is 0 Å². The molecule has 140 valence electrons. The molecule has 4 rings (SSSR count).